The van der Waals surface area contributed by atoms with Crippen molar-refractivity contribution in [1.82, 2.24) is 0 Å². The number of carbonyl (C=O) groups is 1. The summed E-state index contributed by atoms with van der Waals surface area (Å²) in [6, 6.07) is 10.6. The van der Waals surface area contributed by atoms with Crippen molar-refractivity contribution >= 4 is 27.5 Å². The summed E-state index contributed by atoms with van der Waals surface area (Å²) in [5, 5.41) is 12.4. The standard InChI is InChI=1S/C15H14BrNO2/c1-9-7-14(18)10(2)6-13(9)17-15(19)11-4-3-5-12(16)8-11/h3-8,18H,1-2H3,(H,17,19). The van der Waals surface area contributed by atoms with E-state index < -0.39 is 0 Å². The smallest absolute Gasteiger partial charge is 0.255 e. The Morgan fingerprint density at radius 2 is 1.89 bits per heavy atom. The third kappa shape index (κ3) is 3.15. The summed E-state index contributed by atoms with van der Waals surface area (Å²) in [5.74, 6) is 0.0624. The largest absolute Gasteiger partial charge is 0.508 e. The molecule has 98 valence electrons. The fourth-order valence-electron chi connectivity index (χ4n) is 1.76. The van der Waals surface area contributed by atoms with Crippen molar-refractivity contribution in [3.8, 4) is 5.75 Å². The topological polar surface area (TPSA) is 49.3 Å². The molecule has 0 aliphatic rings. The Morgan fingerprint density at radius 1 is 1.16 bits per heavy atom. The first-order chi connectivity index (χ1) is 8.97. The zero-order valence-corrected chi connectivity index (χ0v) is 12.3. The lowest BCUT2D eigenvalue weighted by atomic mass is 10.1. The molecular weight excluding hydrogens is 306 g/mol. The van der Waals surface area contributed by atoms with E-state index in [1.807, 2.05) is 19.1 Å². The number of anilines is 1. The lowest BCUT2D eigenvalue weighted by molar-refractivity contribution is 0.102. The summed E-state index contributed by atoms with van der Waals surface area (Å²) >= 11 is 3.34. The van der Waals surface area contributed by atoms with Crippen LogP contribution in [0.5, 0.6) is 5.75 Å². The number of benzene rings is 2. The number of hydrogen-bond acceptors (Lipinski definition) is 2. The molecule has 0 unspecified atom stereocenters. The summed E-state index contributed by atoms with van der Waals surface area (Å²) in [6.45, 7) is 3.64. The van der Waals surface area contributed by atoms with Gasteiger partial charge in [0.2, 0.25) is 0 Å². The summed E-state index contributed by atoms with van der Waals surface area (Å²) in [6.07, 6.45) is 0. The number of aryl methyl sites for hydroxylation is 2. The minimum atomic E-state index is -0.172. The average Bonchev–Trinajstić information content (AvgIpc) is 2.36. The second-order valence-electron chi connectivity index (χ2n) is 4.42. The van der Waals surface area contributed by atoms with Gasteiger partial charge in [0, 0.05) is 15.7 Å². The molecule has 3 nitrogen and oxygen atoms in total. The van der Waals surface area contributed by atoms with Crippen molar-refractivity contribution in [2.75, 3.05) is 5.32 Å². The van der Waals surface area contributed by atoms with Gasteiger partial charge in [-0.2, -0.15) is 0 Å². The fourth-order valence-corrected chi connectivity index (χ4v) is 2.16. The van der Waals surface area contributed by atoms with Gasteiger partial charge in [0.05, 0.1) is 0 Å². The molecule has 19 heavy (non-hydrogen) atoms. The van der Waals surface area contributed by atoms with E-state index in [0.717, 1.165) is 15.6 Å². The molecule has 0 heterocycles. The van der Waals surface area contributed by atoms with Crippen LogP contribution in [0.25, 0.3) is 0 Å². The number of hydrogen-bond donors (Lipinski definition) is 2. The predicted octanol–water partition coefficient (Wildman–Crippen LogP) is 4.02. The van der Waals surface area contributed by atoms with E-state index >= 15 is 0 Å². The van der Waals surface area contributed by atoms with E-state index in [0.29, 0.717) is 11.3 Å². The Hall–Kier alpha value is -1.81. The number of rotatable bonds is 2. The summed E-state index contributed by atoms with van der Waals surface area (Å²) in [4.78, 5) is 12.1. The van der Waals surface area contributed by atoms with Crippen molar-refractivity contribution < 1.29 is 9.90 Å². The minimum absolute atomic E-state index is 0.172. The zero-order valence-electron chi connectivity index (χ0n) is 10.7. The van der Waals surface area contributed by atoms with E-state index in [1.165, 1.54) is 0 Å². The molecule has 1 amide bonds. The first kappa shape index (κ1) is 13.6. The van der Waals surface area contributed by atoms with Gasteiger partial charge in [-0.1, -0.05) is 22.0 Å². The SMILES string of the molecule is Cc1cc(NC(=O)c2cccc(Br)c2)c(C)cc1O. The van der Waals surface area contributed by atoms with Gasteiger partial charge < -0.3 is 10.4 Å². The summed E-state index contributed by atoms with van der Waals surface area (Å²) < 4.78 is 0.860. The Kier molecular flexibility index (Phi) is 3.90. The monoisotopic (exact) mass is 319 g/mol. The molecular formula is C15H14BrNO2. The maximum Gasteiger partial charge on any atom is 0.255 e. The number of nitrogens with one attached hydrogen (secondary N) is 1. The maximum absolute atomic E-state index is 12.1. The molecule has 0 aromatic heterocycles. The highest BCUT2D eigenvalue weighted by Gasteiger charge is 2.09. The van der Waals surface area contributed by atoms with E-state index in [4.69, 9.17) is 0 Å². The highest BCUT2D eigenvalue weighted by atomic mass is 79.9. The third-order valence-corrected chi connectivity index (χ3v) is 3.37. The van der Waals surface area contributed by atoms with Crippen molar-refractivity contribution in [2.24, 2.45) is 0 Å². The number of phenols is 1. The van der Waals surface area contributed by atoms with Crippen molar-refractivity contribution in [1.29, 1.82) is 0 Å². The van der Waals surface area contributed by atoms with Gasteiger partial charge >= 0.3 is 0 Å². The molecule has 0 saturated carbocycles. The molecule has 0 radical (unpaired) electrons. The highest BCUT2D eigenvalue weighted by molar-refractivity contribution is 9.10. The van der Waals surface area contributed by atoms with Gasteiger partial charge in [-0.3, -0.25) is 4.79 Å². The Bertz CT molecular complexity index is 638. The molecule has 0 aliphatic carbocycles. The van der Waals surface area contributed by atoms with Crippen LogP contribution >= 0.6 is 15.9 Å². The first-order valence-electron chi connectivity index (χ1n) is 5.84. The van der Waals surface area contributed by atoms with Gasteiger partial charge in [-0.05, 0) is 55.3 Å². The number of amides is 1. The van der Waals surface area contributed by atoms with Crippen LogP contribution < -0.4 is 5.32 Å². The second-order valence-corrected chi connectivity index (χ2v) is 5.33. The van der Waals surface area contributed by atoms with Crippen molar-refractivity contribution in [2.45, 2.75) is 13.8 Å². The fraction of sp³-hybridized carbons (Fsp3) is 0.133. The number of carbonyl (C=O) groups excluding carboxylic acids is 1. The third-order valence-electron chi connectivity index (χ3n) is 2.88. The Labute approximate surface area is 120 Å². The van der Waals surface area contributed by atoms with Crippen molar-refractivity contribution in [3.05, 3.63) is 57.6 Å². The minimum Gasteiger partial charge on any atom is -0.508 e. The number of phenolic OH excluding ortho intramolecular Hbond substituents is 1. The summed E-state index contributed by atoms with van der Waals surface area (Å²) in [7, 11) is 0. The predicted molar refractivity (Wildman–Crippen MR) is 79.7 cm³/mol. The van der Waals surface area contributed by atoms with E-state index in [2.05, 4.69) is 21.2 Å². The van der Waals surface area contributed by atoms with Gasteiger partial charge in [0.25, 0.3) is 5.91 Å². The van der Waals surface area contributed by atoms with Gasteiger partial charge in [-0.15, -0.1) is 0 Å². The van der Waals surface area contributed by atoms with Gasteiger partial charge in [0.15, 0.2) is 0 Å². The van der Waals surface area contributed by atoms with Crippen LogP contribution in [-0.4, -0.2) is 11.0 Å². The maximum atomic E-state index is 12.1. The molecule has 4 heteroatoms. The molecule has 0 fully saturated rings. The molecule has 0 aliphatic heterocycles. The normalized spacial score (nSPS) is 10.3. The highest BCUT2D eigenvalue weighted by Crippen LogP contribution is 2.25. The Balaban J connectivity index is 2.27. The van der Waals surface area contributed by atoms with Crippen LogP contribution in [0, 0.1) is 13.8 Å². The molecule has 0 spiro atoms. The molecule has 2 aromatic rings. The first-order valence-corrected chi connectivity index (χ1v) is 6.64. The van der Waals surface area contributed by atoms with Crippen LogP contribution in [0.4, 0.5) is 5.69 Å². The molecule has 2 aromatic carbocycles. The molecule has 2 rings (SSSR count). The van der Waals surface area contributed by atoms with E-state index in [9.17, 15) is 9.90 Å². The summed E-state index contributed by atoms with van der Waals surface area (Å²) in [5.41, 5.74) is 2.85. The lowest BCUT2D eigenvalue weighted by Gasteiger charge is -2.11. The van der Waals surface area contributed by atoms with E-state index in [1.54, 1.807) is 31.2 Å². The van der Waals surface area contributed by atoms with Gasteiger partial charge in [-0.25, -0.2) is 0 Å². The molecule has 0 atom stereocenters. The zero-order chi connectivity index (χ0) is 14.0. The molecule has 2 N–H and O–H groups in total. The van der Waals surface area contributed by atoms with Crippen LogP contribution in [0.3, 0.4) is 0 Å². The second kappa shape index (κ2) is 5.45. The van der Waals surface area contributed by atoms with Crippen LogP contribution in [0.15, 0.2) is 40.9 Å². The average molecular weight is 320 g/mol. The van der Waals surface area contributed by atoms with Gasteiger partial charge in [0.1, 0.15) is 5.75 Å². The number of aromatic hydroxyl groups is 1. The van der Waals surface area contributed by atoms with Crippen LogP contribution in [-0.2, 0) is 0 Å². The molecule has 0 saturated heterocycles. The van der Waals surface area contributed by atoms with Crippen molar-refractivity contribution in [3.63, 3.8) is 0 Å². The quantitative estimate of drug-likeness (QED) is 0.821. The van der Waals surface area contributed by atoms with Crippen LogP contribution in [0.1, 0.15) is 21.5 Å². The lowest BCUT2D eigenvalue weighted by Crippen LogP contribution is -2.12. The number of halogens is 1. The molecule has 0 bridgehead atoms. The Morgan fingerprint density at radius 3 is 2.58 bits per heavy atom. The van der Waals surface area contributed by atoms with E-state index in [-0.39, 0.29) is 11.7 Å². The van der Waals surface area contributed by atoms with Crippen LogP contribution in [0.2, 0.25) is 0 Å².